The zero-order chi connectivity index (χ0) is 17.6. The number of likely N-dealkylation sites (tertiary alicyclic amines) is 1. The second kappa shape index (κ2) is 8.52. The molecule has 1 aliphatic heterocycles. The first-order valence-corrected chi connectivity index (χ1v) is 8.81. The molecule has 0 unspecified atom stereocenters. The van der Waals surface area contributed by atoms with Gasteiger partial charge < -0.3 is 14.6 Å². The summed E-state index contributed by atoms with van der Waals surface area (Å²) in [5.41, 5.74) is 2.11. The molecule has 1 saturated heterocycles. The van der Waals surface area contributed by atoms with E-state index in [4.69, 9.17) is 21.1 Å². The smallest absolute Gasteiger partial charge is 0.176 e. The number of hydrogen-bond acceptors (Lipinski definition) is 5. The van der Waals surface area contributed by atoms with Crippen LogP contribution in [0.25, 0.3) is 0 Å². The first-order valence-electron chi connectivity index (χ1n) is 8.44. The molecule has 0 radical (unpaired) electrons. The fourth-order valence-electron chi connectivity index (χ4n) is 3.12. The Morgan fingerprint density at radius 2 is 2.24 bits per heavy atom. The van der Waals surface area contributed by atoms with E-state index in [1.165, 1.54) is 7.11 Å². The lowest BCUT2D eigenvalue weighted by Crippen LogP contribution is -2.39. The number of phenolic OH excluding ortho intramolecular Hbond substituents is 1. The Labute approximate surface area is 153 Å². The van der Waals surface area contributed by atoms with Gasteiger partial charge in [0.1, 0.15) is 0 Å². The number of ether oxygens (including phenoxy) is 2. The summed E-state index contributed by atoms with van der Waals surface area (Å²) in [7, 11) is 1.53. The highest BCUT2D eigenvalue weighted by molar-refractivity contribution is 6.32. The molecule has 1 fully saturated rings. The molecule has 1 atom stereocenters. The van der Waals surface area contributed by atoms with Gasteiger partial charge in [-0.25, -0.2) is 0 Å². The van der Waals surface area contributed by atoms with Crippen LogP contribution in [0.5, 0.6) is 11.5 Å². The Morgan fingerprint density at radius 3 is 3.00 bits per heavy atom. The first-order chi connectivity index (χ1) is 12.2. The molecule has 134 valence electrons. The maximum absolute atomic E-state index is 9.85. The highest BCUT2D eigenvalue weighted by Gasteiger charge is 2.21. The molecule has 0 saturated carbocycles. The van der Waals surface area contributed by atoms with E-state index in [2.05, 4.69) is 9.88 Å². The fourth-order valence-corrected chi connectivity index (χ4v) is 3.36. The normalized spacial score (nSPS) is 18.2. The van der Waals surface area contributed by atoms with Gasteiger partial charge in [-0.2, -0.15) is 0 Å². The van der Waals surface area contributed by atoms with Crippen molar-refractivity contribution in [1.29, 1.82) is 0 Å². The predicted molar refractivity (Wildman–Crippen MR) is 97.0 cm³/mol. The zero-order valence-electron chi connectivity index (χ0n) is 14.3. The quantitative estimate of drug-likeness (QED) is 0.850. The van der Waals surface area contributed by atoms with Crippen LogP contribution in [0.3, 0.4) is 0 Å². The monoisotopic (exact) mass is 362 g/mol. The van der Waals surface area contributed by atoms with Crippen LogP contribution >= 0.6 is 11.6 Å². The Bertz CT molecular complexity index is 697. The largest absolute Gasteiger partial charge is 0.503 e. The van der Waals surface area contributed by atoms with E-state index < -0.39 is 0 Å². The Balaban J connectivity index is 1.57. The van der Waals surface area contributed by atoms with E-state index in [9.17, 15) is 5.11 Å². The number of piperidine rings is 1. The topological polar surface area (TPSA) is 54.8 Å². The number of aromatic nitrogens is 1. The van der Waals surface area contributed by atoms with Crippen molar-refractivity contribution in [1.82, 2.24) is 9.88 Å². The van der Waals surface area contributed by atoms with E-state index in [-0.39, 0.29) is 11.9 Å². The molecule has 0 amide bonds. The van der Waals surface area contributed by atoms with Crippen LogP contribution < -0.4 is 4.74 Å². The third-order valence-corrected chi connectivity index (χ3v) is 4.67. The molecule has 6 heteroatoms. The van der Waals surface area contributed by atoms with E-state index in [0.29, 0.717) is 17.4 Å². The van der Waals surface area contributed by atoms with Gasteiger partial charge in [-0.1, -0.05) is 17.7 Å². The van der Waals surface area contributed by atoms with Crippen molar-refractivity contribution in [2.45, 2.75) is 32.1 Å². The molecule has 0 aliphatic carbocycles. The molecule has 1 N–H and O–H groups in total. The lowest BCUT2D eigenvalue weighted by atomic mass is 10.1. The van der Waals surface area contributed by atoms with Crippen molar-refractivity contribution in [3.63, 3.8) is 0 Å². The van der Waals surface area contributed by atoms with Crippen LogP contribution in [-0.2, 0) is 17.9 Å². The second-order valence-corrected chi connectivity index (χ2v) is 6.71. The van der Waals surface area contributed by atoms with Crippen LogP contribution in [0.2, 0.25) is 5.02 Å². The summed E-state index contributed by atoms with van der Waals surface area (Å²) >= 11 is 6.08. The van der Waals surface area contributed by atoms with Gasteiger partial charge in [0.15, 0.2) is 11.5 Å². The number of rotatable bonds is 6. The van der Waals surface area contributed by atoms with Gasteiger partial charge in [0.2, 0.25) is 0 Å². The van der Waals surface area contributed by atoms with Crippen LogP contribution in [0.1, 0.15) is 24.0 Å². The summed E-state index contributed by atoms with van der Waals surface area (Å²) < 4.78 is 11.2. The first kappa shape index (κ1) is 18.0. The molecular weight excluding hydrogens is 340 g/mol. The Hall–Kier alpha value is -1.82. The van der Waals surface area contributed by atoms with Gasteiger partial charge in [0, 0.05) is 25.5 Å². The number of halogens is 1. The third-order valence-electron chi connectivity index (χ3n) is 4.39. The second-order valence-electron chi connectivity index (χ2n) is 6.30. The number of methoxy groups -OCH3 is 1. The van der Waals surface area contributed by atoms with Crippen molar-refractivity contribution in [2.24, 2.45) is 0 Å². The van der Waals surface area contributed by atoms with Gasteiger partial charge >= 0.3 is 0 Å². The predicted octanol–water partition coefficient (Wildman–Crippen LogP) is 3.63. The van der Waals surface area contributed by atoms with Crippen molar-refractivity contribution >= 4 is 11.6 Å². The highest BCUT2D eigenvalue weighted by atomic mass is 35.5. The minimum Gasteiger partial charge on any atom is -0.503 e. The van der Waals surface area contributed by atoms with Crippen molar-refractivity contribution in [2.75, 3.05) is 20.2 Å². The highest BCUT2D eigenvalue weighted by Crippen LogP contribution is 2.35. The van der Waals surface area contributed by atoms with Gasteiger partial charge in [-0.05, 0) is 48.7 Å². The number of hydrogen-bond donors (Lipinski definition) is 1. The molecule has 3 rings (SSSR count). The van der Waals surface area contributed by atoms with Crippen LogP contribution in [0.15, 0.2) is 36.7 Å². The number of pyridine rings is 1. The van der Waals surface area contributed by atoms with Gasteiger partial charge in [-0.15, -0.1) is 0 Å². The fraction of sp³-hybridized carbons (Fsp3) is 0.421. The lowest BCUT2D eigenvalue weighted by Gasteiger charge is -2.32. The molecule has 1 aromatic heterocycles. The van der Waals surface area contributed by atoms with Crippen LogP contribution in [0.4, 0.5) is 0 Å². The number of nitrogens with zero attached hydrogens (tertiary/aromatic N) is 2. The molecule has 1 aromatic carbocycles. The number of aromatic hydroxyl groups is 1. The van der Waals surface area contributed by atoms with Crippen molar-refractivity contribution in [3.05, 3.63) is 52.8 Å². The molecule has 25 heavy (non-hydrogen) atoms. The van der Waals surface area contributed by atoms with E-state index in [0.717, 1.165) is 43.6 Å². The number of benzene rings is 1. The van der Waals surface area contributed by atoms with Crippen molar-refractivity contribution in [3.8, 4) is 11.5 Å². The average molecular weight is 363 g/mol. The van der Waals surface area contributed by atoms with Crippen molar-refractivity contribution < 1.29 is 14.6 Å². The molecule has 2 aromatic rings. The summed E-state index contributed by atoms with van der Waals surface area (Å²) in [5, 5.41) is 10.2. The molecule has 2 heterocycles. The minimum absolute atomic E-state index is 0.00996. The average Bonchev–Trinajstić information content (AvgIpc) is 2.64. The standard InChI is InChI=1S/C19H23ClN2O3/c1-24-18-9-15(8-17(20)19(18)23)11-22-7-3-5-16(12-22)25-13-14-4-2-6-21-10-14/h2,4,6,8-10,16,23H,3,5,7,11-13H2,1H3/t16-/m1/s1. The van der Waals surface area contributed by atoms with E-state index >= 15 is 0 Å². The SMILES string of the molecule is COc1cc(CN2CCC[C@@H](OCc3cccnc3)C2)cc(Cl)c1O. The molecular formula is C19H23ClN2O3. The van der Waals surface area contributed by atoms with E-state index in [1.807, 2.05) is 24.4 Å². The van der Waals surface area contributed by atoms with Gasteiger partial charge in [0.05, 0.1) is 24.8 Å². The van der Waals surface area contributed by atoms with Crippen LogP contribution in [0, 0.1) is 0 Å². The molecule has 5 nitrogen and oxygen atoms in total. The maximum Gasteiger partial charge on any atom is 0.176 e. The zero-order valence-corrected chi connectivity index (χ0v) is 15.1. The summed E-state index contributed by atoms with van der Waals surface area (Å²) in [5.74, 6) is 0.396. The summed E-state index contributed by atoms with van der Waals surface area (Å²) in [6.07, 6.45) is 5.98. The summed E-state index contributed by atoms with van der Waals surface area (Å²) in [6.45, 7) is 3.24. The summed E-state index contributed by atoms with van der Waals surface area (Å²) in [6, 6.07) is 7.58. The lowest BCUT2D eigenvalue weighted by molar-refractivity contribution is -0.0121. The van der Waals surface area contributed by atoms with Crippen LogP contribution in [-0.4, -0.2) is 41.3 Å². The minimum atomic E-state index is -0.00996. The Kier molecular flexibility index (Phi) is 6.13. The molecule has 0 bridgehead atoms. The Morgan fingerprint density at radius 1 is 1.36 bits per heavy atom. The van der Waals surface area contributed by atoms with Gasteiger partial charge in [0.25, 0.3) is 0 Å². The molecule has 0 spiro atoms. The maximum atomic E-state index is 9.85. The van der Waals surface area contributed by atoms with Gasteiger partial charge in [-0.3, -0.25) is 9.88 Å². The third kappa shape index (κ3) is 4.84. The molecule has 1 aliphatic rings. The number of phenols is 1. The summed E-state index contributed by atoms with van der Waals surface area (Å²) in [4.78, 5) is 6.46. The van der Waals surface area contributed by atoms with E-state index in [1.54, 1.807) is 12.3 Å².